The van der Waals surface area contributed by atoms with Gasteiger partial charge in [-0.1, -0.05) is 17.8 Å². The third-order valence-corrected chi connectivity index (χ3v) is 5.85. The van der Waals surface area contributed by atoms with Crippen molar-refractivity contribution < 1.29 is 27.5 Å². The molecule has 2 atom stereocenters. The molecule has 0 saturated carbocycles. The molecule has 0 aromatic heterocycles. The molecular formula is C19H14F3NO3S. The van der Waals surface area contributed by atoms with Gasteiger partial charge in [0, 0.05) is 5.92 Å². The number of benzene rings is 2. The standard InChI is InChI=1S/C19H14F3NO3S/c20-19(21,22)11-2-4-12(5-3-11)26-13-6-8-14-10(9-13)1-7-15(14)16-17(24)23-18(25)27-16/h2-6,8-9,15-16H,1,7H2,(H,23,24,25)/t15-,16?/m1/s1. The van der Waals surface area contributed by atoms with E-state index in [0.29, 0.717) is 11.5 Å². The molecular weight excluding hydrogens is 379 g/mol. The molecule has 4 rings (SSSR count). The molecule has 140 valence electrons. The number of aryl methyl sites for hydroxylation is 1. The molecule has 1 unspecified atom stereocenters. The lowest BCUT2D eigenvalue weighted by atomic mass is 9.97. The fraction of sp³-hybridized carbons (Fsp3) is 0.263. The normalized spacial score (nSPS) is 21.9. The van der Waals surface area contributed by atoms with Crippen LogP contribution in [0.1, 0.15) is 29.0 Å². The first-order chi connectivity index (χ1) is 12.8. The molecule has 0 radical (unpaired) electrons. The van der Waals surface area contributed by atoms with E-state index in [9.17, 15) is 22.8 Å². The number of thioether (sulfide) groups is 1. The Morgan fingerprint density at radius 2 is 1.74 bits per heavy atom. The molecule has 0 bridgehead atoms. The number of amides is 2. The number of alkyl halides is 3. The van der Waals surface area contributed by atoms with E-state index in [2.05, 4.69) is 5.32 Å². The predicted octanol–water partition coefficient (Wildman–Crippen LogP) is 4.88. The minimum atomic E-state index is -4.38. The first-order valence-electron chi connectivity index (χ1n) is 8.31. The molecule has 2 aromatic rings. The molecule has 8 heteroatoms. The molecule has 4 nitrogen and oxygen atoms in total. The van der Waals surface area contributed by atoms with Gasteiger partial charge in [0.15, 0.2) is 0 Å². The maximum absolute atomic E-state index is 12.6. The summed E-state index contributed by atoms with van der Waals surface area (Å²) in [6, 6.07) is 9.95. The van der Waals surface area contributed by atoms with Crippen LogP contribution in [0.3, 0.4) is 0 Å². The van der Waals surface area contributed by atoms with Crippen molar-refractivity contribution in [3.05, 3.63) is 59.2 Å². The Hall–Kier alpha value is -2.48. The molecule has 0 spiro atoms. The number of hydrogen-bond acceptors (Lipinski definition) is 4. The average molecular weight is 393 g/mol. The van der Waals surface area contributed by atoms with Crippen LogP contribution in [0.4, 0.5) is 18.0 Å². The number of ether oxygens (including phenoxy) is 1. The molecule has 1 saturated heterocycles. The molecule has 2 aromatic carbocycles. The lowest BCUT2D eigenvalue weighted by Crippen LogP contribution is -2.27. The number of fused-ring (bicyclic) bond motifs is 1. The third-order valence-electron chi connectivity index (χ3n) is 4.74. The second-order valence-corrected chi connectivity index (χ2v) is 7.56. The van der Waals surface area contributed by atoms with E-state index in [-0.39, 0.29) is 17.1 Å². The summed E-state index contributed by atoms with van der Waals surface area (Å²) in [5, 5.41) is 1.58. The summed E-state index contributed by atoms with van der Waals surface area (Å²) in [5.41, 5.74) is 1.31. The van der Waals surface area contributed by atoms with Crippen molar-refractivity contribution in [3.63, 3.8) is 0 Å². The highest BCUT2D eigenvalue weighted by Crippen LogP contribution is 2.43. The van der Waals surface area contributed by atoms with Gasteiger partial charge in [0.25, 0.3) is 5.24 Å². The average Bonchev–Trinajstić information content (AvgIpc) is 3.16. The lowest BCUT2D eigenvalue weighted by Gasteiger charge is -2.16. The van der Waals surface area contributed by atoms with Gasteiger partial charge in [-0.15, -0.1) is 0 Å². The number of carbonyl (C=O) groups is 2. The van der Waals surface area contributed by atoms with Crippen molar-refractivity contribution in [2.45, 2.75) is 30.2 Å². The fourth-order valence-electron chi connectivity index (χ4n) is 3.49. The summed E-state index contributed by atoms with van der Waals surface area (Å²) >= 11 is 1.02. The molecule has 1 N–H and O–H groups in total. The maximum Gasteiger partial charge on any atom is 0.416 e. The third kappa shape index (κ3) is 3.53. The molecule has 1 heterocycles. The van der Waals surface area contributed by atoms with Gasteiger partial charge >= 0.3 is 6.18 Å². The highest BCUT2D eigenvalue weighted by molar-refractivity contribution is 8.15. The Morgan fingerprint density at radius 1 is 1.04 bits per heavy atom. The SMILES string of the molecule is O=C1NC(=O)C([C@@H]2CCc3cc(Oc4ccc(C(F)(F)F)cc4)ccc32)S1. The Labute approximate surface area is 157 Å². The largest absolute Gasteiger partial charge is 0.457 e. The summed E-state index contributed by atoms with van der Waals surface area (Å²) in [7, 11) is 0. The monoisotopic (exact) mass is 393 g/mol. The Balaban J connectivity index is 1.51. The van der Waals surface area contributed by atoms with Crippen LogP contribution in [0.25, 0.3) is 0 Å². The first-order valence-corrected chi connectivity index (χ1v) is 9.18. The van der Waals surface area contributed by atoms with Gasteiger partial charge in [-0.3, -0.25) is 14.9 Å². The molecule has 1 fully saturated rings. The van der Waals surface area contributed by atoms with Crippen LogP contribution in [0.5, 0.6) is 11.5 Å². The van der Waals surface area contributed by atoms with Crippen LogP contribution in [0.15, 0.2) is 42.5 Å². The second kappa shape index (κ2) is 6.60. The minimum Gasteiger partial charge on any atom is -0.457 e. The zero-order chi connectivity index (χ0) is 19.2. The van der Waals surface area contributed by atoms with Gasteiger partial charge in [0.1, 0.15) is 16.7 Å². The smallest absolute Gasteiger partial charge is 0.416 e. The number of nitrogens with one attached hydrogen (secondary N) is 1. The number of halogens is 3. The topological polar surface area (TPSA) is 55.4 Å². The van der Waals surface area contributed by atoms with Crippen molar-refractivity contribution in [2.75, 3.05) is 0 Å². The molecule has 1 aliphatic carbocycles. The van der Waals surface area contributed by atoms with Gasteiger partial charge in [-0.2, -0.15) is 13.2 Å². The predicted molar refractivity (Wildman–Crippen MR) is 93.9 cm³/mol. The number of carbonyl (C=O) groups excluding carboxylic acids is 2. The summed E-state index contributed by atoms with van der Waals surface area (Å²) in [6.07, 6.45) is -2.87. The quantitative estimate of drug-likeness (QED) is 0.808. The van der Waals surface area contributed by atoms with E-state index in [0.717, 1.165) is 47.9 Å². The Kier molecular flexibility index (Phi) is 4.38. The highest BCUT2D eigenvalue weighted by Gasteiger charge is 2.41. The van der Waals surface area contributed by atoms with E-state index in [1.165, 1.54) is 12.1 Å². The minimum absolute atomic E-state index is 0.0310. The van der Waals surface area contributed by atoms with Gasteiger partial charge in [0.2, 0.25) is 5.91 Å². The van der Waals surface area contributed by atoms with Crippen LogP contribution in [0, 0.1) is 0 Å². The van der Waals surface area contributed by atoms with E-state index in [4.69, 9.17) is 4.74 Å². The molecule has 2 aliphatic rings. The van der Waals surface area contributed by atoms with Crippen LogP contribution in [-0.4, -0.2) is 16.4 Å². The van der Waals surface area contributed by atoms with Crippen LogP contribution < -0.4 is 10.1 Å². The second-order valence-electron chi connectivity index (χ2n) is 6.45. The number of rotatable bonds is 3. The van der Waals surface area contributed by atoms with Crippen molar-refractivity contribution >= 4 is 22.9 Å². The summed E-state index contributed by atoms with van der Waals surface area (Å²) < 4.78 is 43.5. The van der Waals surface area contributed by atoms with E-state index in [1.807, 2.05) is 12.1 Å². The zero-order valence-electron chi connectivity index (χ0n) is 13.9. The zero-order valence-corrected chi connectivity index (χ0v) is 14.7. The summed E-state index contributed by atoms with van der Waals surface area (Å²) in [6.45, 7) is 0. The van der Waals surface area contributed by atoms with Crippen LogP contribution >= 0.6 is 11.8 Å². The first kappa shape index (κ1) is 17.9. The Morgan fingerprint density at radius 3 is 2.37 bits per heavy atom. The Bertz CT molecular complexity index is 911. The molecule has 1 aliphatic heterocycles. The van der Waals surface area contributed by atoms with E-state index in [1.54, 1.807) is 6.07 Å². The van der Waals surface area contributed by atoms with Crippen LogP contribution in [-0.2, 0) is 17.4 Å². The van der Waals surface area contributed by atoms with Gasteiger partial charge in [-0.05, 0) is 60.4 Å². The van der Waals surface area contributed by atoms with Crippen molar-refractivity contribution in [2.24, 2.45) is 0 Å². The van der Waals surface area contributed by atoms with Crippen molar-refractivity contribution in [1.82, 2.24) is 5.32 Å². The van der Waals surface area contributed by atoms with E-state index >= 15 is 0 Å². The maximum atomic E-state index is 12.6. The van der Waals surface area contributed by atoms with Crippen molar-refractivity contribution in [1.29, 1.82) is 0 Å². The molecule has 27 heavy (non-hydrogen) atoms. The van der Waals surface area contributed by atoms with E-state index < -0.39 is 17.0 Å². The van der Waals surface area contributed by atoms with Crippen molar-refractivity contribution in [3.8, 4) is 11.5 Å². The van der Waals surface area contributed by atoms with Crippen LogP contribution in [0.2, 0.25) is 0 Å². The highest BCUT2D eigenvalue weighted by atomic mass is 32.2. The number of hydrogen-bond donors (Lipinski definition) is 1. The van der Waals surface area contributed by atoms with Gasteiger partial charge in [0.05, 0.1) is 5.56 Å². The van der Waals surface area contributed by atoms with Gasteiger partial charge in [-0.25, -0.2) is 0 Å². The van der Waals surface area contributed by atoms with Gasteiger partial charge < -0.3 is 4.74 Å². The summed E-state index contributed by atoms with van der Waals surface area (Å²) in [5.74, 6) is 0.548. The fourth-order valence-corrected chi connectivity index (χ4v) is 4.49. The number of imide groups is 1. The lowest BCUT2D eigenvalue weighted by molar-refractivity contribution is -0.137. The summed E-state index contributed by atoms with van der Waals surface area (Å²) in [4.78, 5) is 23.3. The molecule has 2 amide bonds.